The van der Waals surface area contributed by atoms with Gasteiger partial charge in [0.15, 0.2) is 6.29 Å². The molecule has 2 aliphatic rings. The Labute approximate surface area is 345 Å². The van der Waals surface area contributed by atoms with E-state index in [4.69, 9.17) is 48.4 Å². The molecular formula is C47H53NO11. The van der Waals surface area contributed by atoms with Gasteiger partial charge in [0.2, 0.25) is 6.29 Å². The van der Waals surface area contributed by atoms with Gasteiger partial charge < -0.3 is 58.6 Å². The number of benzene rings is 5. The first-order chi connectivity index (χ1) is 29.0. The fourth-order valence-electron chi connectivity index (χ4n) is 7.18. The monoisotopic (exact) mass is 807 g/mol. The molecule has 12 nitrogen and oxygen atoms in total. The second-order valence-corrected chi connectivity index (χ2v) is 14.5. The molecule has 0 saturated carbocycles. The lowest BCUT2D eigenvalue weighted by atomic mass is 9.95. The molecule has 0 aliphatic carbocycles. The number of rotatable bonds is 19. The van der Waals surface area contributed by atoms with Crippen molar-refractivity contribution in [2.45, 2.75) is 87.8 Å². The van der Waals surface area contributed by atoms with Gasteiger partial charge in [-0.05, 0) is 46.5 Å². The standard InChI is InChI=1S/C47H53NO11/c1-51-36-22-24-37(25-23-36)56-46-40(48)44(54-29-34-18-10-4-11-19-34)43(39(58-46)31-52-27-32-14-6-2-7-15-32)59-47-45(55-30-35-20-12-5-13-21-35)41(50)42(38(26-49)57-47)53-28-33-16-8-3-9-17-33/h2-25,38-47,49-50H,26-31,48H2,1H3/t38-,39-,40-,41+,42-,43-,44-,45+,46-,47+/m1/s1. The zero-order chi connectivity index (χ0) is 40.8. The van der Waals surface area contributed by atoms with E-state index in [0.29, 0.717) is 18.1 Å². The lowest BCUT2D eigenvalue weighted by Gasteiger charge is -2.49. The van der Waals surface area contributed by atoms with Gasteiger partial charge in [0.25, 0.3) is 0 Å². The van der Waals surface area contributed by atoms with Crippen molar-refractivity contribution in [1.29, 1.82) is 0 Å². The maximum Gasteiger partial charge on any atom is 0.218 e. The van der Waals surface area contributed by atoms with Crippen molar-refractivity contribution >= 4 is 0 Å². The third kappa shape index (κ3) is 11.5. The van der Waals surface area contributed by atoms with Crippen LogP contribution in [0.3, 0.4) is 0 Å². The molecule has 2 fully saturated rings. The Morgan fingerprint density at radius 3 is 1.49 bits per heavy atom. The number of hydrogen-bond donors (Lipinski definition) is 3. The predicted molar refractivity (Wildman–Crippen MR) is 218 cm³/mol. The first-order valence-electron chi connectivity index (χ1n) is 19.9. The predicted octanol–water partition coefficient (Wildman–Crippen LogP) is 5.56. The molecule has 0 aromatic heterocycles. The second kappa shape index (κ2) is 21.5. The van der Waals surface area contributed by atoms with Gasteiger partial charge in [-0.1, -0.05) is 121 Å². The summed E-state index contributed by atoms with van der Waals surface area (Å²) in [6.45, 7) is 0.401. The van der Waals surface area contributed by atoms with E-state index >= 15 is 0 Å². The van der Waals surface area contributed by atoms with E-state index in [0.717, 1.165) is 22.3 Å². The molecule has 10 atom stereocenters. The number of ether oxygens (including phenoxy) is 9. The molecule has 12 heteroatoms. The molecule has 0 bridgehead atoms. The Bertz CT molecular complexity index is 1930. The molecule has 5 aromatic carbocycles. The van der Waals surface area contributed by atoms with Gasteiger partial charge in [-0.2, -0.15) is 0 Å². The van der Waals surface area contributed by atoms with Crippen molar-refractivity contribution in [3.05, 3.63) is 168 Å². The Kier molecular flexibility index (Phi) is 15.5. The van der Waals surface area contributed by atoms with E-state index in [1.165, 1.54) is 0 Å². The Morgan fingerprint density at radius 2 is 0.983 bits per heavy atom. The normalized spacial score (nSPS) is 26.9. The lowest BCUT2D eigenvalue weighted by Crippen LogP contribution is -2.67. The zero-order valence-corrected chi connectivity index (χ0v) is 33.0. The summed E-state index contributed by atoms with van der Waals surface area (Å²) in [4.78, 5) is 0. The summed E-state index contributed by atoms with van der Waals surface area (Å²) >= 11 is 0. The number of aliphatic hydroxyl groups excluding tert-OH is 2. The highest BCUT2D eigenvalue weighted by atomic mass is 16.7. The Balaban J connectivity index is 1.19. The average molecular weight is 808 g/mol. The van der Waals surface area contributed by atoms with Crippen LogP contribution in [-0.4, -0.2) is 91.9 Å². The van der Waals surface area contributed by atoms with Crippen LogP contribution >= 0.6 is 0 Å². The van der Waals surface area contributed by atoms with Crippen LogP contribution in [0.15, 0.2) is 146 Å². The third-order valence-electron chi connectivity index (χ3n) is 10.3. The molecule has 0 radical (unpaired) electrons. The molecule has 2 heterocycles. The van der Waals surface area contributed by atoms with Crippen LogP contribution in [0.2, 0.25) is 0 Å². The van der Waals surface area contributed by atoms with Gasteiger partial charge in [0, 0.05) is 0 Å². The molecule has 5 aromatic rings. The molecule has 0 unspecified atom stereocenters. The quantitative estimate of drug-likeness (QED) is 0.0959. The van der Waals surface area contributed by atoms with Gasteiger partial charge in [0.1, 0.15) is 54.2 Å². The summed E-state index contributed by atoms with van der Waals surface area (Å²) in [5, 5.41) is 22.7. The summed E-state index contributed by atoms with van der Waals surface area (Å²) in [5.41, 5.74) is 10.7. The van der Waals surface area contributed by atoms with Crippen LogP contribution in [0.5, 0.6) is 11.5 Å². The SMILES string of the molecule is COc1ccc(O[C@@H]2O[C@H](COCc3ccccc3)[C@@H](O[C@@H]3O[C@H](CO)[C@@H](OCc4ccccc4)[C@H](O)[C@@H]3OCc3ccccc3)[C@H](OCc3ccccc3)[C@H]2N)cc1. The second-order valence-electron chi connectivity index (χ2n) is 14.5. The van der Waals surface area contributed by atoms with Crippen LogP contribution < -0.4 is 15.2 Å². The molecule has 0 amide bonds. The number of nitrogens with two attached hydrogens (primary N) is 1. The van der Waals surface area contributed by atoms with E-state index in [2.05, 4.69) is 0 Å². The van der Waals surface area contributed by atoms with Crippen LogP contribution in [-0.2, 0) is 59.6 Å². The molecule has 59 heavy (non-hydrogen) atoms. The molecule has 0 spiro atoms. The van der Waals surface area contributed by atoms with E-state index in [1.807, 2.05) is 121 Å². The number of aliphatic hydroxyl groups is 2. The van der Waals surface area contributed by atoms with Crippen LogP contribution in [0.4, 0.5) is 0 Å². The summed E-state index contributed by atoms with van der Waals surface area (Å²) < 4.78 is 57.4. The maximum atomic E-state index is 12.1. The van der Waals surface area contributed by atoms with E-state index < -0.39 is 68.0 Å². The summed E-state index contributed by atoms with van der Waals surface area (Å²) in [7, 11) is 1.60. The lowest BCUT2D eigenvalue weighted by molar-refractivity contribution is -0.356. The highest BCUT2D eigenvalue weighted by Crippen LogP contribution is 2.34. The van der Waals surface area contributed by atoms with Crippen molar-refractivity contribution in [1.82, 2.24) is 0 Å². The first-order valence-corrected chi connectivity index (χ1v) is 19.9. The Morgan fingerprint density at radius 1 is 0.525 bits per heavy atom. The minimum Gasteiger partial charge on any atom is -0.497 e. The van der Waals surface area contributed by atoms with Gasteiger partial charge in [-0.15, -0.1) is 0 Å². The molecule has 2 aliphatic heterocycles. The minimum absolute atomic E-state index is 0.0526. The highest BCUT2D eigenvalue weighted by Gasteiger charge is 2.53. The summed E-state index contributed by atoms with van der Waals surface area (Å²) in [6.07, 6.45) is -9.13. The van der Waals surface area contributed by atoms with Crippen molar-refractivity contribution in [2.24, 2.45) is 5.73 Å². The smallest absolute Gasteiger partial charge is 0.218 e. The van der Waals surface area contributed by atoms with Gasteiger partial charge in [0.05, 0.1) is 52.8 Å². The topological polar surface area (TPSA) is 150 Å². The molecule has 7 rings (SSSR count). The maximum absolute atomic E-state index is 12.1. The zero-order valence-electron chi connectivity index (χ0n) is 33.0. The average Bonchev–Trinajstić information content (AvgIpc) is 3.28. The fourth-order valence-corrected chi connectivity index (χ4v) is 7.18. The summed E-state index contributed by atoms with van der Waals surface area (Å²) in [6, 6.07) is 44.9. The highest BCUT2D eigenvalue weighted by molar-refractivity contribution is 5.31. The summed E-state index contributed by atoms with van der Waals surface area (Å²) in [5.74, 6) is 1.18. The van der Waals surface area contributed by atoms with Crippen molar-refractivity contribution in [3.63, 3.8) is 0 Å². The van der Waals surface area contributed by atoms with E-state index in [9.17, 15) is 10.2 Å². The Hall–Kier alpha value is -4.70. The first kappa shape index (κ1) is 42.4. The molecule has 4 N–H and O–H groups in total. The molecule has 312 valence electrons. The van der Waals surface area contributed by atoms with E-state index in [1.54, 1.807) is 31.4 Å². The molecule has 2 saturated heterocycles. The third-order valence-corrected chi connectivity index (χ3v) is 10.3. The molecular weight excluding hydrogens is 755 g/mol. The van der Waals surface area contributed by atoms with Gasteiger partial charge in [-0.25, -0.2) is 0 Å². The largest absolute Gasteiger partial charge is 0.497 e. The van der Waals surface area contributed by atoms with Crippen LogP contribution in [0, 0.1) is 0 Å². The minimum atomic E-state index is -1.28. The number of methoxy groups -OCH3 is 1. The van der Waals surface area contributed by atoms with Gasteiger partial charge >= 0.3 is 0 Å². The van der Waals surface area contributed by atoms with Crippen molar-refractivity contribution in [2.75, 3.05) is 20.3 Å². The number of hydrogen-bond acceptors (Lipinski definition) is 12. The van der Waals surface area contributed by atoms with Gasteiger partial charge in [-0.3, -0.25) is 0 Å². The van der Waals surface area contributed by atoms with E-state index in [-0.39, 0.29) is 26.4 Å². The van der Waals surface area contributed by atoms with Crippen molar-refractivity contribution < 1.29 is 52.8 Å². The van der Waals surface area contributed by atoms with Crippen LogP contribution in [0.25, 0.3) is 0 Å². The van der Waals surface area contributed by atoms with Crippen LogP contribution in [0.1, 0.15) is 22.3 Å². The van der Waals surface area contributed by atoms with Crippen molar-refractivity contribution in [3.8, 4) is 11.5 Å². The fraction of sp³-hybridized carbons (Fsp3) is 0.362.